The molecule has 0 aromatic carbocycles. The van der Waals surface area contributed by atoms with Crippen molar-refractivity contribution in [3.05, 3.63) is 29.6 Å². The van der Waals surface area contributed by atoms with Gasteiger partial charge in [0.25, 0.3) is 5.91 Å². The summed E-state index contributed by atoms with van der Waals surface area (Å²) in [6, 6.07) is 3.22. The number of carboxylic acids is 1. The van der Waals surface area contributed by atoms with Crippen LogP contribution < -0.4 is 5.32 Å². The Morgan fingerprint density at radius 2 is 1.80 bits per heavy atom. The fourth-order valence-electron chi connectivity index (χ4n) is 5.74. The Kier molecular flexibility index (Phi) is 4.10. The van der Waals surface area contributed by atoms with E-state index in [1.807, 2.05) is 0 Å². The van der Waals surface area contributed by atoms with Crippen molar-refractivity contribution >= 4 is 29.0 Å². The van der Waals surface area contributed by atoms with Crippen LogP contribution in [0.25, 0.3) is 0 Å². The van der Waals surface area contributed by atoms with Gasteiger partial charge >= 0.3 is 5.97 Å². The first-order chi connectivity index (χ1) is 12.0. The van der Waals surface area contributed by atoms with Gasteiger partial charge in [-0.05, 0) is 73.8 Å². The summed E-state index contributed by atoms with van der Waals surface area (Å²) in [5, 5.41) is 12.2. The summed E-state index contributed by atoms with van der Waals surface area (Å²) in [6.07, 6.45) is 9.21. The molecule has 0 saturated heterocycles. The lowest BCUT2D eigenvalue weighted by Gasteiger charge is -2.56. The summed E-state index contributed by atoms with van der Waals surface area (Å²) in [5.74, 6) is 0.983. The number of carbonyl (C=O) groups is 2. The van der Waals surface area contributed by atoms with E-state index in [0.29, 0.717) is 6.54 Å². The van der Waals surface area contributed by atoms with Crippen LogP contribution in [0, 0.1) is 23.2 Å². The Hall–Kier alpha value is -1.82. The van der Waals surface area contributed by atoms with Crippen LogP contribution in [0.1, 0.15) is 54.6 Å². The van der Waals surface area contributed by atoms with E-state index in [4.69, 9.17) is 17.3 Å². The minimum absolute atomic E-state index is 0.0769. The van der Waals surface area contributed by atoms with Gasteiger partial charge in [-0.25, -0.2) is 4.79 Å². The van der Waals surface area contributed by atoms with Gasteiger partial charge in [0.1, 0.15) is 10.6 Å². The van der Waals surface area contributed by atoms with Crippen molar-refractivity contribution < 1.29 is 14.7 Å². The Morgan fingerprint density at radius 3 is 2.36 bits per heavy atom. The number of nitrogens with zero attached hydrogens (tertiary/aromatic N) is 1. The highest BCUT2D eigenvalue weighted by molar-refractivity contribution is 7.82. The van der Waals surface area contributed by atoms with E-state index < -0.39 is 5.97 Å². The van der Waals surface area contributed by atoms with Crippen LogP contribution in [0.15, 0.2) is 18.3 Å². The Labute approximate surface area is 152 Å². The maximum absolute atomic E-state index is 12.7. The minimum atomic E-state index is -1.23. The number of pyridine rings is 1. The van der Waals surface area contributed by atoms with Gasteiger partial charge in [-0.1, -0.05) is 12.2 Å². The molecule has 1 aromatic heterocycles. The number of aromatic nitrogens is 1. The maximum atomic E-state index is 12.7. The number of rotatable bonds is 5. The summed E-state index contributed by atoms with van der Waals surface area (Å²) in [6.45, 7) is 0.670. The molecule has 0 unspecified atom stereocenters. The molecule has 0 radical (unpaired) electrons. The largest absolute Gasteiger partial charge is 0.477 e. The van der Waals surface area contributed by atoms with Crippen LogP contribution in [-0.2, 0) is 4.79 Å². The molecule has 5 nitrogen and oxygen atoms in total. The first-order valence-electron chi connectivity index (χ1n) is 8.97. The second kappa shape index (κ2) is 6.16. The van der Waals surface area contributed by atoms with Gasteiger partial charge in [0.15, 0.2) is 0 Å². The van der Waals surface area contributed by atoms with Crippen molar-refractivity contribution in [2.24, 2.45) is 23.2 Å². The van der Waals surface area contributed by atoms with E-state index in [-0.39, 0.29) is 27.4 Å². The lowest BCUT2D eigenvalue weighted by atomic mass is 9.49. The van der Waals surface area contributed by atoms with Gasteiger partial charge in [0, 0.05) is 12.7 Å². The Morgan fingerprint density at radius 1 is 1.20 bits per heavy atom. The van der Waals surface area contributed by atoms with Crippen LogP contribution in [0.3, 0.4) is 0 Å². The summed E-state index contributed by atoms with van der Waals surface area (Å²) in [7, 11) is 0. The Bertz CT molecular complexity index is 711. The number of carbonyl (C=O) groups excluding carboxylic acids is 1. The second-order valence-electron chi connectivity index (χ2n) is 8.13. The molecule has 0 aliphatic heterocycles. The van der Waals surface area contributed by atoms with E-state index >= 15 is 0 Å². The number of nitrogens with one attached hydrogen (secondary N) is 1. The third kappa shape index (κ3) is 3.08. The standard InChI is InChI=1S/C19H22N2O3S/c22-17(14-2-1-3-20-15(14)16(25)18(23)24)21-10-19-7-11-4-12(8-19)6-13(5-11)9-19/h1-3,11-13H,4-10H2,(H,21,22)(H,23,24). The molecule has 0 atom stereocenters. The quantitative estimate of drug-likeness (QED) is 0.625. The topological polar surface area (TPSA) is 79.3 Å². The smallest absolute Gasteiger partial charge is 0.348 e. The first-order valence-corrected chi connectivity index (χ1v) is 9.37. The number of hydrogen-bond acceptors (Lipinski definition) is 4. The predicted octanol–water partition coefficient (Wildman–Crippen LogP) is 2.83. The zero-order valence-electron chi connectivity index (χ0n) is 14.0. The molecule has 2 N–H and O–H groups in total. The fraction of sp³-hybridized carbons (Fsp3) is 0.579. The maximum Gasteiger partial charge on any atom is 0.348 e. The average molecular weight is 358 g/mol. The van der Waals surface area contributed by atoms with E-state index in [1.165, 1.54) is 44.7 Å². The van der Waals surface area contributed by atoms with Crippen LogP contribution in [0.2, 0.25) is 0 Å². The van der Waals surface area contributed by atoms with Gasteiger partial charge in [0.2, 0.25) is 0 Å². The van der Waals surface area contributed by atoms with E-state index in [9.17, 15) is 9.59 Å². The van der Waals surface area contributed by atoms with Gasteiger partial charge in [-0.15, -0.1) is 0 Å². The van der Waals surface area contributed by atoms with E-state index in [2.05, 4.69) is 10.3 Å². The van der Waals surface area contributed by atoms with Crippen LogP contribution in [-0.4, -0.2) is 33.4 Å². The average Bonchev–Trinajstić information content (AvgIpc) is 2.58. The predicted molar refractivity (Wildman–Crippen MR) is 96.5 cm³/mol. The minimum Gasteiger partial charge on any atom is -0.477 e. The fourth-order valence-corrected chi connectivity index (χ4v) is 5.90. The summed E-state index contributed by atoms with van der Waals surface area (Å²) < 4.78 is 0. The van der Waals surface area contributed by atoms with Gasteiger partial charge < -0.3 is 10.4 Å². The molecule has 6 heteroatoms. The zero-order chi connectivity index (χ0) is 17.6. The molecule has 25 heavy (non-hydrogen) atoms. The normalized spacial score (nSPS) is 32.4. The molecule has 4 bridgehead atoms. The van der Waals surface area contributed by atoms with Gasteiger partial charge in [-0.3, -0.25) is 9.78 Å². The third-order valence-corrected chi connectivity index (χ3v) is 6.62. The zero-order valence-corrected chi connectivity index (χ0v) is 14.8. The number of thiocarbonyl (C=S) groups is 1. The van der Waals surface area contributed by atoms with E-state index in [1.54, 1.807) is 12.1 Å². The summed E-state index contributed by atoms with van der Waals surface area (Å²) in [5.41, 5.74) is 0.563. The molecule has 132 valence electrons. The highest BCUT2D eigenvalue weighted by Gasteiger charge is 2.50. The molecule has 1 amide bonds. The molecular formula is C19H22N2O3S. The molecule has 1 aromatic rings. The molecule has 4 fully saturated rings. The number of hydrogen-bond donors (Lipinski definition) is 2. The molecule has 4 aliphatic rings. The van der Waals surface area contributed by atoms with Crippen molar-refractivity contribution in [3.8, 4) is 0 Å². The molecule has 1 heterocycles. The third-order valence-electron chi connectivity index (χ3n) is 6.25. The highest BCUT2D eigenvalue weighted by Crippen LogP contribution is 2.59. The summed E-state index contributed by atoms with van der Waals surface area (Å²) in [4.78, 5) is 27.5. The highest BCUT2D eigenvalue weighted by atomic mass is 32.1. The molecule has 4 aliphatic carbocycles. The van der Waals surface area contributed by atoms with Crippen LogP contribution >= 0.6 is 12.2 Å². The first kappa shape index (κ1) is 16.6. The Balaban J connectivity index is 1.48. The van der Waals surface area contributed by atoms with Crippen molar-refractivity contribution in [1.82, 2.24) is 10.3 Å². The van der Waals surface area contributed by atoms with Crippen LogP contribution in [0.4, 0.5) is 0 Å². The second-order valence-corrected chi connectivity index (χ2v) is 8.54. The van der Waals surface area contributed by atoms with Crippen LogP contribution in [0.5, 0.6) is 0 Å². The number of carboxylic acid groups (broad SMARTS) is 1. The summed E-state index contributed by atoms with van der Waals surface area (Å²) >= 11 is 4.91. The van der Waals surface area contributed by atoms with Crippen molar-refractivity contribution in [2.45, 2.75) is 38.5 Å². The number of aliphatic carboxylic acids is 1. The van der Waals surface area contributed by atoms with Crippen molar-refractivity contribution in [3.63, 3.8) is 0 Å². The molecule has 4 saturated carbocycles. The number of amides is 1. The SMILES string of the molecule is O=C(O)C(=S)c1ncccc1C(=O)NCC12CC3CC(CC(C3)C1)C2. The van der Waals surface area contributed by atoms with Gasteiger partial charge in [-0.2, -0.15) is 0 Å². The molecule has 5 rings (SSSR count). The lowest BCUT2D eigenvalue weighted by Crippen LogP contribution is -2.51. The molecular weight excluding hydrogens is 336 g/mol. The molecule has 0 spiro atoms. The lowest BCUT2D eigenvalue weighted by molar-refractivity contribution is -0.129. The van der Waals surface area contributed by atoms with E-state index in [0.717, 1.165) is 17.8 Å². The van der Waals surface area contributed by atoms with Crippen molar-refractivity contribution in [2.75, 3.05) is 6.54 Å². The van der Waals surface area contributed by atoms with Gasteiger partial charge in [0.05, 0.1) is 5.56 Å². The van der Waals surface area contributed by atoms with Crippen molar-refractivity contribution in [1.29, 1.82) is 0 Å². The monoisotopic (exact) mass is 358 g/mol.